The van der Waals surface area contributed by atoms with Crippen LogP contribution in [0.5, 0.6) is 11.6 Å². The topological polar surface area (TPSA) is 121 Å². The highest BCUT2D eigenvalue weighted by Crippen LogP contribution is 2.20. The van der Waals surface area contributed by atoms with Crippen LogP contribution in [-0.4, -0.2) is 45.6 Å². The molecule has 1 N–H and O–H groups in total. The number of carbonyl (C=O) groups excluding carboxylic acids is 1. The Bertz CT molecular complexity index is 1300. The second-order valence-corrected chi connectivity index (χ2v) is 7.51. The van der Waals surface area contributed by atoms with Crippen molar-refractivity contribution >= 4 is 5.91 Å². The number of carbonyl (C=O) groups is 1. The normalized spacial score (nSPS) is 11.6. The summed E-state index contributed by atoms with van der Waals surface area (Å²) in [6, 6.07) is 16.6. The average molecular weight is 476 g/mol. The van der Waals surface area contributed by atoms with Gasteiger partial charge in [0.1, 0.15) is 24.1 Å². The molecule has 0 bridgehead atoms. The van der Waals surface area contributed by atoms with E-state index in [1.807, 2.05) is 31.2 Å². The van der Waals surface area contributed by atoms with E-state index in [9.17, 15) is 9.59 Å². The van der Waals surface area contributed by atoms with Gasteiger partial charge >= 0.3 is 0 Å². The third-order valence-electron chi connectivity index (χ3n) is 5.10. The zero-order chi connectivity index (χ0) is 24.6. The van der Waals surface area contributed by atoms with Gasteiger partial charge in [-0.05, 0) is 62.4 Å². The van der Waals surface area contributed by atoms with Gasteiger partial charge in [-0.2, -0.15) is 5.10 Å². The number of furan rings is 1. The summed E-state index contributed by atoms with van der Waals surface area (Å²) in [6.45, 7) is 4.51. The third kappa shape index (κ3) is 5.91. The number of aromatic nitrogens is 4. The monoisotopic (exact) mass is 475 g/mol. The van der Waals surface area contributed by atoms with E-state index >= 15 is 0 Å². The van der Waals surface area contributed by atoms with E-state index in [0.29, 0.717) is 29.6 Å². The Balaban J connectivity index is 1.32. The van der Waals surface area contributed by atoms with Crippen LogP contribution in [0.25, 0.3) is 22.7 Å². The van der Waals surface area contributed by atoms with Crippen molar-refractivity contribution in [2.45, 2.75) is 19.9 Å². The van der Waals surface area contributed by atoms with Crippen LogP contribution in [0, 0.1) is 0 Å². The number of hydrogen-bond donors (Lipinski definition) is 1. The van der Waals surface area contributed by atoms with Crippen molar-refractivity contribution in [3.8, 4) is 34.3 Å². The zero-order valence-electron chi connectivity index (χ0n) is 19.4. The molecule has 10 heteroatoms. The van der Waals surface area contributed by atoms with Gasteiger partial charge in [-0.25, -0.2) is 4.68 Å². The van der Waals surface area contributed by atoms with Crippen LogP contribution < -0.4 is 20.3 Å². The quantitative estimate of drug-likeness (QED) is 0.347. The molecule has 3 heterocycles. The maximum atomic E-state index is 12.6. The van der Waals surface area contributed by atoms with Crippen molar-refractivity contribution < 1.29 is 18.7 Å². The summed E-state index contributed by atoms with van der Waals surface area (Å²) in [4.78, 5) is 25.0. The SMILES string of the molecule is CCOc1ccc(-c2ccc(=O)n(C(C)C(=O)NCCOc3ccc(-c4ccco4)nn3)n2)cc1. The number of nitrogens with zero attached hydrogens (tertiary/aromatic N) is 4. The minimum Gasteiger partial charge on any atom is -0.494 e. The molecule has 10 nitrogen and oxygen atoms in total. The molecule has 0 aliphatic carbocycles. The highest BCUT2D eigenvalue weighted by atomic mass is 16.5. The number of amides is 1. The largest absolute Gasteiger partial charge is 0.494 e. The summed E-state index contributed by atoms with van der Waals surface area (Å²) in [5.41, 5.74) is 1.61. The summed E-state index contributed by atoms with van der Waals surface area (Å²) in [7, 11) is 0. The molecule has 0 aliphatic heterocycles. The molecule has 35 heavy (non-hydrogen) atoms. The van der Waals surface area contributed by atoms with E-state index in [4.69, 9.17) is 13.9 Å². The Morgan fingerprint density at radius 1 is 1.03 bits per heavy atom. The Hall–Kier alpha value is -4.47. The number of hydrogen-bond acceptors (Lipinski definition) is 8. The van der Waals surface area contributed by atoms with Crippen LogP contribution >= 0.6 is 0 Å². The minimum atomic E-state index is -0.808. The van der Waals surface area contributed by atoms with Crippen LogP contribution in [0.15, 0.2) is 76.1 Å². The minimum absolute atomic E-state index is 0.182. The van der Waals surface area contributed by atoms with Gasteiger partial charge in [-0.3, -0.25) is 9.59 Å². The number of ether oxygens (including phenoxy) is 2. The molecule has 4 aromatic rings. The Labute approximate surface area is 201 Å². The second kappa shape index (κ2) is 11.1. The number of benzene rings is 1. The highest BCUT2D eigenvalue weighted by molar-refractivity contribution is 5.79. The lowest BCUT2D eigenvalue weighted by Crippen LogP contribution is -2.38. The first-order chi connectivity index (χ1) is 17.0. The van der Waals surface area contributed by atoms with Crippen LogP contribution in [0.2, 0.25) is 0 Å². The van der Waals surface area contributed by atoms with Gasteiger partial charge in [0.25, 0.3) is 5.56 Å². The fourth-order valence-corrected chi connectivity index (χ4v) is 3.29. The maximum absolute atomic E-state index is 12.6. The van der Waals surface area contributed by atoms with Gasteiger partial charge in [0, 0.05) is 17.7 Å². The molecule has 1 atom stereocenters. The first-order valence-electron chi connectivity index (χ1n) is 11.2. The van der Waals surface area contributed by atoms with Crippen LogP contribution in [0.1, 0.15) is 19.9 Å². The molecule has 0 aliphatic rings. The van der Waals surface area contributed by atoms with Crippen molar-refractivity contribution in [1.82, 2.24) is 25.3 Å². The molecule has 0 spiro atoms. The number of rotatable bonds is 10. The van der Waals surface area contributed by atoms with Crippen LogP contribution in [0.4, 0.5) is 0 Å². The van der Waals surface area contributed by atoms with E-state index in [-0.39, 0.29) is 24.6 Å². The van der Waals surface area contributed by atoms with Crippen molar-refractivity contribution in [3.63, 3.8) is 0 Å². The molecule has 1 unspecified atom stereocenters. The average Bonchev–Trinajstić information content (AvgIpc) is 3.43. The zero-order valence-corrected chi connectivity index (χ0v) is 19.4. The summed E-state index contributed by atoms with van der Waals surface area (Å²) in [5, 5.41) is 15.2. The predicted octanol–water partition coefficient (Wildman–Crippen LogP) is 3.12. The van der Waals surface area contributed by atoms with Gasteiger partial charge in [0.15, 0.2) is 5.76 Å². The third-order valence-corrected chi connectivity index (χ3v) is 5.10. The highest BCUT2D eigenvalue weighted by Gasteiger charge is 2.18. The number of nitrogens with one attached hydrogen (secondary N) is 1. The molecule has 0 saturated heterocycles. The van der Waals surface area contributed by atoms with Gasteiger partial charge in [-0.15, -0.1) is 10.2 Å². The van der Waals surface area contributed by atoms with Gasteiger partial charge in [0.2, 0.25) is 11.8 Å². The van der Waals surface area contributed by atoms with E-state index in [2.05, 4.69) is 20.6 Å². The Kier molecular flexibility index (Phi) is 7.51. The molecule has 0 radical (unpaired) electrons. The van der Waals surface area contributed by atoms with E-state index < -0.39 is 6.04 Å². The molecule has 0 saturated carbocycles. The van der Waals surface area contributed by atoms with Gasteiger partial charge < -0.3 is 19.2 Å². The summed E-state index contributed by atoms with van der Waals surface area (Å²) in [5.74, 6) is 1.33. The Morgan fingerprint density at radius 3 is 2.51 bits per heavy atom. The van der Waals surface area contributed by atoms with Crippen molar-refractivity contribution in [2.24, 2.45) is 0 Å². The first kappa shape index (κ1) is 23.7. The lowest BCUT2D eigenvalue weighted by atomic mass is 10.1. The predicted molar refractivity (Wildman–Crippen MR) is 128 cm³/mol. The molecule has 3 aromatic heterocycles. The van der Waals surface area contributed by atoms with E-state index in [1.165, 1.54) is 10.7 Å². The van der Waals surface area contributed by atoms with Crippen LogP contribution in [0.3, 0.4) is 0 Å². The fourth-order valence-electron chi connectivity index (χ4n) is 3.29. The summed E-state index contributed by atoms with van der Waals surface area (Å²) in [6.07, 6.45) is 1.56. The molecule has 1 amide bonds. The van der Waals surface area contributed by atoms with Crippen LogP contribution in [-0.2, 0) is 4.79 Å². The van der Waals surface area contributed by atoms with Gasteiger partial charge in [-0.1, -0.05) is 0 Å². The van der Waals surface area contributed by atoms with E-state index in [1.54, 1.807) is 43.5 Å². The van der Waals surface area contributed by atoms with Crippen molar-refractivity contribution in [1.29, 1.82) is 0 Å². The molecule has 180 valence electrons. The van der Waals surface area contributed by atoms with Crippen molar-refractivity contribution in [3.05, 3.63) is 77.3 Å². The maximum Gasteiger partial charge on any atom is 0.267 e. The summed E-state index contributed by atoms with van der Waals surface area (Å²) < 4.78 is 17.4. The molecule has 0 fully saturated rings. The standard InChI is InChI=1S/C25H25N5O5/c1-3-33-19-8-6-18(7-9-19)20-11-13-24(31)30(29-20)17(2)25(32)26-14-16-35-23-12-10-21(27-28-23)22-5-4-15-34-22/h4-13,15,17H,3,14,16H2,1-2H3,(H,26,32). The fraction of sp³-hybridized carbons (Fsp3) is 0.240. The second-order valence-electron chi connectivity index (χ2n) is 7.51. The molecule has 4 rings (SSSR count). The lowest BCUT2D eigenvalue weighted by molar-refractivity contribution is -0.124. The lowest BCUT2D eigenvalue weighted by Gasteiger charge is -2.15. The molecular weight excluding hydrogens is 450 g/mol. The Morgan fingerprint density at radius 2 is 1.83 bits per heavy atom. The smallest absolute Gasteiger partial charge is 0.267 e. The van der Waals surface area contributed by atoms with Crippen molar-refractivity contribution in [2.75, 3.05) is 19.8 Å². The van der Waals surface area contributed by atoms with E-state index in [0.717, 1.165) is 11.3 Å². The molecule has 1 aromatic carbocycles. The molecular formula is C25H25N5O5. The van der Waals surface area contributed by atoms with Gasteiger partial charge in [0.05, 0.1) is 25.1 Å². The first-order valence-corrected chi connectivity index (χ1v) is 11.2. The summed E-state index contributed by atoms with van der Waals surface area (Å²) >= 11 is 0.